The van der Waals surface area contributed by atoms with E-state index in [1.807, 2.05) is 6.26 Å². The summed E-state index contributed by atoms with van der Waals surface area (Å²) in [7, 11) is 4.47. The third-order valence-corrected chi connectivity index (χ3v) is 4.70. The van der Waals surface area contributed by atoms with Crippen molar-refractivity contribution in [1.29, 1.82) is 0 Å². The van der Waals surface area contributed by atoms with Crippen LogP contribution in [-0.4, -0.2) is 49.1 Å². The maximum atomic E-state index is 5.65. The van der Waals surface area contributed by atoms with E-state index in [0.717, 1.165) is 24.9 Å². The van der Waals surface area contributed by atoms with Gasteiger partial charge in [-0.1, -0.05) is 0 Å². The number of hydrogen-bond acceptors (Lipinski definition) is 4. The molecule has 0 radical (unpaired) electrons. The summed E-state index contributed by atoms with van der Waals surface area (Å²) in [5.41, 5.74) is 1.35. The predicted octanol–water partition coefficient (Wildman–Crippen LogP) is 2.06. The quantitative estimate of drug-likeness (QED) is 0.862. The molecule has 112 valence electrons. The summed E-state index contributed by atoms with van der Waals surface area (Å²) in [5.74, 6) is 1.12. The molecule has 0 unspecified atom stereocenters. The minimum atomic E-state index is 0.713. The van der Waals surface area contributed by atoms with Gasteiger partial charge in [0.1, 0.15) is 5.76 Å². The topological polar surface area (TPSA) is 31.6 Å². The molecule has 20 heavy (non-hydrogen) atoms. The van der Waals surface area contributed by atoms with Crippen LogP contribution in [0.2, 0.25) is 0 Å². The molecule has 1 aromatic rings. The van der Waals surface area contributed by atoms with Gasteiger partial charge in [0.2, 0.25) is 0 Å². The highest BCUT2D eigenvalue weighted by Crippen LogP contribution is 2.22. The Hall–Kier alpha value is -0.840. The minimum absolute atomic E-state index is 0.713. The average molecular weight is 277 g/mol. The lowest BCUT2D eigenvalue weighted by Gasteiger charge is -2.35. The Labute approximate surface area is 122 Å². The van der Waals surface area contributed by atoms with E-state index in [9.17, 15) is 0 Å². The number of hydrogen-bond donors (Lipinski definition) is 1. The van der Waals surface area contributed by atoms with E-state index in [1.165, 1.54) is 44.3 Å². The van der Waals surface area contributed by atoms with Crippen LogP contribution < -0.4 is 5.32 Å². The van der Waals surface area contributed by atoms with Gasteiger partial charge in [-0.25, -0.2) is 0 Å². The Bertz CT molecular complexity index is 419. The van der Waals surface area contributed by atoms with Crippen LogP contribution in [0.3, 0.4) is 0 Å². The van der Waals surface area contributed by atoms with Gasteiger partial charge in [-0.3, -0.25) is 4.90 Å². The van der Waals surface area contributed by atoms with Gasteiger partial charge in [0, 0.05) is 24.2 Å². The second-order valence-corrected chi connectivity index (χ2v) is 6.47. The molecule has 4 nitrogen and oxygen atoms in total. The highest BCUT2D eigenvalue weighted by molar-refractivity contribution is 5.17. The van der Waals surface area contributed by atoms with Gasteiger partial charge in [-0.15, -0.1) is 0 Å². The molecule has 0 bridgehead atoms. The van der Waals surface area contributed by atoms with Crippen LogP contribution in [-0.2, 0) is 13.1 Å². The van der Waals surface area contributed by atoms with E-state index in [2.05, 4.69) is 35.3 Å². The molecule has 2 fully saturated rings. The van der Waals surface area contributed by atoms with Crippen molar-refractivity contribution >= 4 is 0 Å². The summed E-state index contributed by atoms with van der Waals surface area (Å²) >= 11 is 0. The SMILES string of the molecule is CN1CCC(N(C)Cc2ccoc2CNC2CC2)CC1. The lowest BCUT2D eigenvalue weighted by Crippen LogP contribution is -2.41. The molecule has 1 aliphatic carbocycles. The van der Waals surface area contributed by atoms with Gasteiger partial charge < -0.3 is 14.6 Å². The van der Waals surface area contributed by atoms with Crippen LogP contribution in [0.5, 0.6) is 0 Å². The van der Waals surface area contributed by atoms with Crippen LogP contribution in [0.1, 0.15) is 37.0 Å². The van der Waals surface area contributed by atoms with Crippen molar-refractivity contribution < 1.29 is 4.42 Å². The van der Waals surface area contributed by atoms with Crippen molar-refractivity contribution in [2.24, 2.45) is 0 Å². The highest BCUT2D eigenvalue weighted by Gasteiger charge is 2.23. The minimum Gasteiger partial charge on any atom is -0.468 e. The zero-order valence-electron chi connectivity index (χ0n) is 12.8. The Kier molecular flexibility index (Phi) is 4.44. The monoisotopic (exact) mass is 277 g/mol. The van der Waals surface area contributed by atoms with Gasteiger partial charge in [0.15, 0.2) is 0 Å². The highest BCUT2D eigenvalue weighted by atomic mass is 16.3. The zero-order valence-corrected chi connectivity index (χ0v) is 12.8. The fraction of sp³-hybridized carbons (Fsp3) is 0.750. The summed E-state index contributed by atoms with van der Waals surface area (Å²) in [6.07, 6.45) is 7.04. The lowest BCUT2D eigenvalue weighted by atomic mass is 10.0. The number of nitrogens with one attached hydrogen (secondary N) is 1. The van der Waals surface area contributed by atoms with E-state index in [1.54, 1.807) is 0 Å². The number of rotatable bonds is 6. The van der Waals surface area contributed by atoms with Crippen molar-refractivity contribution in [2.45, 2.75) is 50.9 Å². The van der Waals surface area contributed by atoms with Crippen molar-refractivity contribution in [3.63, 3.8) is 0 Å². The van der Waals surface area contributed by atoms with Crippen LogP contribution in [0, 0.1) is 0 Å². The van der Waals surface area contributed by atoms with Gasteiger partial charge in [0.25, 0.3) is 0 Å². The Morgan fingerprint density at radius 3 is 2.75 bits per heavy atom. The van der Waals surface area contributed by atoms with E-state index >= 15 is 0 Å². The van der Waals surface area contributed by atoms with Crippen LogP contribution in [0.15, 0.2) is 16.7 Å². The Morgan fingerprint density at radius 2 is 2.05 bits per heavy atom. The van der Waals surface area contributed by atoms with E-state index < -0.39 is 0 Å². The normalized spacial score (nSPS) is 21.8. The largest absolute Gasteiger partial charge is 0.468 e. The number of nitrogens with zero attached hydrogens (tertiary/aromatic N) is 2. The molecule has 0 atom stereocenters. The third-order valence-electron chi connectivity index (χ3n) is 4.70. The molecule has 2 heterocycles. The van der Waals surface area contributed by atoms with Crippen molar-refractivity contribution in [1.82, 2.24) is 15.1 Å². The Balaban J connectivity index is 1.52. The van der Waals surface area contributed by atoms with Crippen LogP contribution in [0.4, 0.5) is 0 Å². The standard InChI is InChI=1S/C16H27N3O/c1-18-8-5-15(6-9-18)19(2)12-13-7-10-20-16(13)11-17-14-3-4-14/h7,10,14-15,17H,3-6,8-9,11-12H2,1-2H3. The Morgan fingerprint density at radius 1 is 1.30 bits per heavy atom. The molecule has 0 aromatic carbocycles. The second-order valence-electron chi connectivity index (χ2n) is 6.47. The second kappa shape index (κ2) is 6.29. The first-order chi connectivity index (χ1) is 9.72. The first-order valence-corrected chi connectivity index (χ1v) is 7.90. The van der Waals surface area contributed by atoms with Crippen molar-refractivity contribution in [2.75, 3.05) is 27.2 Å². The number of likely N-dealkylation sites (tertiary alicyclic amines) is 1. The van der Waals surface area contributed by atoms with Gasteiger partial charge in [-0.2, -0.15) is 0 Å². The molecule has 4 heteroatoms. The summed E-state index contributed by atoms with van der Waals surface area (Å²) in [4.78, 5) is 4.92. The summed E-state index contributed by atoms with van der Waals surface area (Å²) in [5, 5.41) is 3.54. The maximum absolute atomic E-state index is 5.65. The van der Waals surface area contributed by atoms with E-state index in [0.29, 0.717) is 6.04 Å². The molecular weight excluding hydrogens is 250 g/mol. The van der Waals surface area contributed by atoms with Crippen LogP contribution >= 0.6 is 0 Å². The molecule has 3 rings (SSSR count). The average Bonchev–Trinajstić information content (AvgIpc) is 3.18. The molecule has 1 saturated carbocycles. The predicted molar refractivity (Wildman–Crippen MR) is 80.6 cm³/mol. The fourth-order valence-electron chi connectivity index (χ4n) is 3.02. The smallest absolute Gasteiger partial charge is 0.122 e. The van der Waals surface area contributed by atoms with Gasteiger partial charge in [-0.05, 0) is 58.9 Å². The molecule has 0 spiro atoms. The van der Waals surface area contributed by atoms with E-state index in [-0.39, 0.29) is 0 Å². The lowest BCUT2D eigenvalue weighted by molar-refractivity contribution is 0.138. The molecular formula is C16H27N3O. The third kappa shape index (κ3) is 3.62. The zero-order chi connectivity index (χ0) is 13.9. The summed E-state index contributed by atoms with van der Waals surface area (Å²) in [6, 6.07) is 3.58. The molecule has 2 aliphatic rings. The van der Waals surface area contributed by atoms with E-state index in [4.69, 9.17) is 4.42 Å². The van der Waals surface area contributed by atoms with Crippen molar-refractivity contribution in [3.05, 3.63) is 23.7 Å². The molecule has 1 N–H and O–H groups in total. The number of piperidine rings is 1. The van der Waals surface area contributed by atoms with Gasteiger partial charge in [0.05, 0.1) is 12.8 Å². The fourth-order valence-corrected chi connectivity index (χ4v) is 3.02. The molecule has 0 amide bonds. The number of furan rings is 1. The molecule has 1 aromatic heterocycles. The van der Waals surface area contributed by atoms with Crippen LogP contribution in [0.25, 0.3) is 0 Å². The maximum Gasteiger partial charge on any atom is 0.122 e. The first kappa shape index (κ1) is 14.1. The summed E-state index contributed by atoms with van der Waals surface area (Å²) < 4.78 is 5.65. The van der Waals surface area contributed by atoms with Gasteiger partial charge >= 0.3 is 0 Å². The van der Waals surface area contributed by atoms with Crippen molar-refractivity contribution in [3.8, 4) is 0 Å². The molecule has 1 aliphatic heterocycles. The molecule has 1 saturated heterocycles. The first-order valence-electron chi connectivity index (χ1n) is 7.90. The summed E-state index contributed by atoms with van der Waals surface area (Å²) in [6.45, 7) is 4.33.